The van der Waals surface area contributed by atoms with Crippen molar-refractivity contribution in [1.29, 1.82) is 0 Å². The van der Waals surface area contributed by atoms with Crippen molar-refractivity contribution in [3.05, 3.63) is 247 Å². The van der Waals surface area contributed by atoms with Gasteiger partial charge in [-0.3, -0.25) is 0 Å². The van der Waals surface area contributed by atoms with Crippen LogP contribution in [0, 0.1) is 0 Å². The van der Waals surface area contributed by atoms with E-state index in [1.807, 2.05) is 91.0 Å². The lowest BCUT2D eigenvalue weighted by Gasteiger charge is -2.18. The minimum absolute atomic E-state index is 0.0344. The summed E-state index contributed by atoms with van der Waals surface area (Å²) in [5.41, 5.74) is -1.68. The fraction of sp³-hybridized carbons (Fsp3) is 0.0597. The Kier molecular flexibility index (Phi) is 12.6. The molecule has 0 saturated carbocycles. The summed E-state index contributed by atoms with van der Waals surface area (Å²) in [6.45, 7) is 0. The van der Waals surface area contributed by atoms with Gasteiger partial charge in [0, 0.05) is 43.9 Å². The van der Waals surface area contributed by atoms with E-state index >= 15 is 0 Å². The van der Waals surface area contributed by atoms with E-state index in [2.05, 4.69) is 4.57 Å². The predicted octanol–water partition coefficient (Wildman–Crippen LogP) is 20.1. The summed E-state index contributed by atoms with van der Waals surface area (Å²) >= 11 is 0. The monoisotopic (exact) mass is 1140 g/mol. The van der Waals surface area contributed by atoms with Crippen LogP contribution >= 0.6 is 0 Å². The van der Waals surface area contributed by atoms with Gasteiger partial charge in [-0.2, -0.15) is 52.7 Å². The quantitative estimate of drug-likeness (QED) is 0.142. The molecule has 414 valence electrons. The molecule has 0 N–H and O–H groups in total. The average molecular weight is 1140 g/mol. The van der Waals surface area contributed by atoms with Crippen molar-refractivity contribution in [3.8, 4) is 78.9 Å². The van der Waals surface area contributed by atoms with E-state index in [4.69, 9.17) is 15.0 Å². The number of rotatable bonds is 8. The van der Waals surface area contributed by atoms with Gasteiger partial charge in [0.2, 0.25) is 0 Å². The van der Waals surface area contributed by atoms with Crippen LogP contribution in [0.2, 0.25) is 0 Å². The third-order valence-corrected chi connectivity index (χ3v) is 14.9. The normalized spacial score (nSPS) is 12.5. The van der Waals surface area contributed by atoms with Gasteiger partial charge in [0.05, 0.1) is 50.0 Å². The molecule has 0 bridgehead atoms. The van der Waals surface area contributed by atoms with E-state index in [0.717, 1.165) is 45.2 Å². The van der Waals surface area contributed by atoms with Crippen LogP contribution in [0.4, 0.5) is 52.7 Å². The van der Waals surface area contributed by atoms with Gasteiger partial charge in [-0.1, -0.05) is 146 Å². The Balaban J connectivity index is 1.13. The summed E-state index contributed by atoms with van der Waals surface area (Å²) in [6, 6.07) is 57.9. The number of hydrogen-bond acceptors (Lipinski definition) is 3. The third kappa shape index (κ3) is 9.54. The first-order chi connectivity index (χ1) is 40.2. The van der Waals surface area contributed by atoms with Crippen LogP contribution in [-0.4, -0.2) is 24.1 Å². The highest BCUT2D eigenvalue weighted by atomic mass is 19.4. The standard InChI is InChI=1S/C67H37F12N5/c68-64(69,70)44-24-28-47(54(36-44)66(74,75)76)42-20-26-50-51-27-21-43(48-29-25-45(65(71,72)73)37-55(48)67(77,78)79)35-60(51)84(59(50)34-42)58-31-23-41(40-22-30-57-52(32-40)49-18-10-11-19-56(49)83(57)46-16-8-3-9-17-46)33-53(58)63-81-61(38-12-4-1-5-13-38)80-62(82-63)39-14-6-2-7-15-39/h1-37H. The SMILES string of the molecule is FC(F)(F)c1ccc(-c2ccc3c4ccc(-c5ccc(C(F)(F)F)cc5C(F)(F)F)cc4n(-c4ccc(-c5ccc6c(c5)c5ccccc5n6-c5ccccc5)cc4-c4nc(-c5ccccc5)nc(-c5ccccc5)n4)c3c2)c(C(F)(F)F)c1. The number of para-hydroxylation sites is 2. The summed E-state index contributed by atoms with van der Waals surface area (Å²) in [5.74, 6) is 0.552. The van der Waals surface area contributed by atoms with Crippen molar-refractivity contribution in [3.63, 3.8) is 0 Å². The Morgan fingerprint density at radius 2 is 0.690 bits per heavy atom. The Hall–Kier alpha value is -10.0. The molecular weight excluding hydrogens is 1100 g/mol. The van der Waals surface area contributed by atoms with Crippen molar-refractivity contribution >= 4 is 43.6 Å². The molecule has 13 rings (SSSR count). The van der Waals surface area contributed by atoms with Gasteiger partial charge in [-0.25, -0.2) is 15.0 Å². The fourth-order valence-corrected chi connectivity index (χ4v) is 11.1. The van der Waals surface area contributed by atoms with Crippen LogP contribution in [0.3, 0.4) is 0 Å². The first-order valence-electron chi connectivity index (χ1n) is 25.9. The highest BCUT2D eigenvalue weighted by Crippen LogP contribution is 2.47. The van der Waals surface area contributed by atoms with Crippen LogP contribution in [-0.2, 0) is 24.7 Å². The van der Waals surface area contributed by atoms with Crippen molar-refractivity contribution in [1.82, 2.24) is 24.1 Å². The van der Waals surface area contributed by atoms with Crippen LogP contribution in [0.1, 0.15) is 22.3 Å². The molecule has 5 nitrogen and oxygen atoms in total. The van der Waals surface area contributed by atoms with Gasteiger partial charge in [0.15, 0.2) is 17.5 Å². The third-order valence-electron chi connectivity index (χ3n) is 14.9. The van der Waals surface area contributed by atoms with Crippen molar-refractivity contribution in [2.24, 2.45) is 0 Å². The van der Waals surface area contributed by atoms with E-state index in [1.165, 1.54) is 36.4 Å². The van der Waals surface area contributed by atoms with Crippen LogP contribution in [0.15, 0.2) is 224 Å². The molecule has 0 radical (unpaired) electrons. The zero-order valence-corrected chi connectivity index (χ0v) is 43.1. The van der Waals surface area contributed by atoms with E-state index in [9.17, 15) is 52.7 Å². The minimum atomic E-state index is -5.28. The highest BCUT2D eigenvalue weighted by molar-refractivity contribution is 6.13. The summed E-state index contributed by atoms with van der Waals surface area (Å²) in [5, 5.41) is 2.53. The Labute approximate surface area is 469 Å². The molecule has 84 heavy (non-hydrogen) atoms. The lowest BCUT2D eigenvalue weighted by atomic mass is 9.95. The molecule has 0 saturated heterocycles. The zero-order chi connectivity index (χ0) is 58.5. The van der Waals surface area contributed by atoms with Gasteiger partial charge in [-0.15, -0.1) is 0 Å². The first kappa shape index (κ1) is 53.3. The second-order valence-electron chi connectivity index (χ2n) is 20.0. The second-order valence-corrected chi connectivity index (χ2v) is 20.0. The van der Waals surface area contributed by atoms with Crippen molar-refractivity contribution in [2.75, 3.05) is 0 Å². The summed E-state index contributed by atoms with van der Waals surface area (Å²) in [4.78, 5) is 15.1. The van der Waals surface area contributed by atoms with E-state index in [-0.39, 0.29) is 63.0 Å². The number of benzene rings is 10. The van der Waals surface area contributed by atoms with Crippen LogP contribution in [0.5, 0.6) is 0 Å². The van der Waals surface area contributed by atoms with E-state index in [1.54, 1.807) is 65.2 Å². The maximum absolute atomic E-state index is 15.0. The molecule has 0 aliphatic carbocycles. The number of fused-ring (bicyclic) bond motifs is 6. The van der Waals surface area contributed by atoms with Crippen molar-refractivity contribution in [2.45, 2.75) is 24.7 Å². The first-order valence-corrected chi connectivity index (χ1v) is 25.9. The summed E-state index contributed by atoms with van der Waals surface area (Å²) < 4.78 is 178. The number of aromatic nitrogens is 5. The zero-order valence-electron chi connectivity index (χ0n) is 43.1. The molecule has 17 heteroatoms. The molecule has 13 aromatic rings. The molecule has 0 spiro atoms. The van der Waals surface area contributed by atoms with Crippen molar-refractivity contribution < 1.29 is 52.7 Å². The van der Waals surface area contributed by atoms with Crippen LogP contribution in [0.25, 0.3) is 123 Å². The largest absolute Gasteiger partial charge is 0.417 e. The molecular formula is C67H37F12N5. The molecule has 0 fully saturated rings. The molecule has 10 aromatic carbocycles. The highest BCUT2D eigenvalue weighted by Gasteiger charge is 2.40. The molecule has 0 aliphatic rings. The second kappa shape index (κ2) is 19.9. The molecule has 0 unspecified atom stereocenters. The van der Waals surface area contributed by atoms with Gasteiger partial charge >= 0.3 is 24.7 Å². The maximum atomic E-state index is 15.0. The molecule has 3 aromatic heterocycles. The lowest BCUT2D eigenvalue weighted by Crippen LogP contribution is -2.12. The maximum Gasteiger partial charge on any atom is 0.417 e. The molecule has 0 atom stereocenters. The number of nitrogens with zero attached hydrogens (tertiary/aromatic N) is 5. The predicted molar refractivity (Wildman–Crippen MR) is 301 cm³/mol. The summed E-state index contributed by atoms with van der Waals surface area (Å²) in [7, 11) is 0. The molecule has 3 heterocycles. The van der Waals surface area contributed by atoms with Crippen LogP contribution < -0.4 is 0 Å². The Morgan fingerprint density at radius 1 is 0.262 bits per heavy atom. The Morgan fingerprint density at radius 3 is 1.20 bits per heavy atom. The van der Waals surface area contributed by atoms with Gasteiger partial charge in [0.1, 0.15) is 0 Å². The minimum Gasteiger partial charge on any atom is -0.309 e. The summed E-state index contributed by atoms with van der Waals surface area (Å²) in [6.07, 6.45) is -20.8. The topological polar surface area (TPSA) is 48.5 Å². The Bertz CT molecular complexity index is 4520. The van der Waals surface area contributed by atoms with E-state index in [0.29, 0.717) is 39.6 Å². The van der Waals surface area contributed by atoms with E-state index < -0.39 is 58.1 Å². The fourth-order valence-electron chi connectivity index (χ4n) is 11.1. The number of hydrogen-bond donors (Lipinski definition) is 0. The molecule has 0 amide bonds. The lowest BCUT2D eigenvalue weighted by molar-refractivity contribution is -0.144. The average Bonchev–Trinajstić information content (AvgIpc) is 1.76. The number of alkyl halides is 12. The van der Waals surface area contributed by atoms with Gasteiger partial charge in [-0.05, 0) is 112 Å². The number of halogens is 12. The smallest absolute Gasteiger partial charge is 0.309 e. The van der Waals surface area contributed by atoms with Gasteiger partial charge < -0.3 is 9.13 Å². The molecule has 0 aliphatic heterocycles. The van der Waals surface area contributed by atoms with Gasteiger partial charge in [0.25, 0.3) is 0 Å².